The quantitative estimate of drug-likeness (QED) is 0.788. The molecule has 1 aliphatic carbocycles. The van der Waals surface area contributed by atoms with Crippen molar-refractivity contribution in [1.82, 2.24) is 5.32 Å². The summed E-state index contributed by atoms with van der Waals surface area (Å²) in [5.41, 5.74) is 1.89. The van der Waals surface area contributed by atoms with Crippen molar-refractivity contribution < 1.29 is 9.59 Å². The SMILES string of the molecule is CNC1=CC(=O)C(=O)c2ccc(Br)cc21. The number of fused-ring (bicyclic) bond motifs is 1. The van der Waals surface area contributed by atoms with Crippen molar-refractivity contribution >= 4 is 33.2 Å². The highest BCUT2D eigenvalue weighted by molar-refractivity contribution is 9.10. The largest absolute Gasteiger partial charge is 0.388 e. The molecule has 3 nitrogen and oxygen atoms in total. The Morgan fingerprint density at radius 2 is 1.93 bits per heavy atom. The Hall–Kier alpha value is -1.42. The molecule has 2 rings (SSSR count). The number of rotatable bonds is 1. The number of hydrogen-bond acceptors (Lipinski definition) is 3. The molecule has 1 aromatic carbocycles. The van der Waals surface area contributed by atoms with E-state index in [0.717, 1.165) is 10.0 Å². The molecule has 0 fully saturated rings. The van der Waals surface area contributed by atoms with Gasteiger partial charge in [0.2, 0.25) is 11.6 Å². The van der Waals surface area contributed by atoms with Crippen molar-refractivity contribution in [2.75, 3.05) is 7.05 Å². The number of nitrogens with one attached hydrogen (secondary N) is 1. The van der Waals surface area contributed by atoms with Gasteiger partial charge in [-0.05, 0) is 18.2 Å². The Balaban J connectivity index is 2.68. The van der Waals surface area contributed by atoms with Crippen molar-refractivity contribution in [3.8, 4) is 0 Å². The van der Waals surface area contributed by atoms with E-state index in [9.17, 15) is 9.59 Å². The van der Waals surface area contributed by atoms with Gasteiger partial charge in [0.05, 0.1) is 0 Å². The van der Waals surface area contributed by atoms with Crippen LogP contribution in [0.2, 0.25) is 0 Å². The minimum atomic E-state index is -0.478. The van der Waals surface area contributed by atoms with Gasteiger partial charge in [0.15, 0.2) is 0 Å². The van der Waals surface area contributed by atoms with Gasteiger partial charge >= 0.3 is 0 Å². The van der Waals surface area contributed by atoms with E-state index >= 15 is 0 Å². The highest BCUT2D eigenvalue weighted by Crippen LogP contribution is 2.26. The zero-order valence-corrected chi connectivity index (χ0v) is 9.59. The van der Waals surface area contributed by atoms with Crippen molar-refractivity contribution in [3.05, 3.63) is 39.9 Å². The maximum Gasteiger partial charge on any atom is 0.233 e. The van der Waals surface area contributed by atoms with E-state index < -0.39 is 11.6 Å². The van der Waals surface area contributed by atoms with Crippen molar-refractivity contribution in [1.29, 1.82) is 0 Å². The van der Waals surface area contributed by atoms with E-state index in [4.69, 9.17) is 0 Å². The van der Waals surface area contributed by atoms with E-state index in [0.29, 0.717) is 11.3 Å². The Kier molecular flexibility index (Phi) is 2.44. The third kappa shape index (κ3) is 1.61. The Morgan fingerprint density at radius 3 is 2.60 bits per heavy atom. The third-order valence-electron chi connectivity index (χ3n) is 2.28. The van der Waals surface area contributed by atoms with Crippen LogP contribution in [-0.2, 0) is 4.79 Å². The van der Waals surface area contributed by atoms with Crippen molar-refractivity contribution in [2.24, 2.45) is 0 Å². The van der Waals surface area contributed by atoms with E-state index in [2.05, 4.69) is 21.2 Å². The predicted octanol–water partition coefficient (Wildman–Crippen LogP) is 1.77. The molecule has 0 saturated carbocycles. The molecule has 0 amide bonds. The Morgan fingerprint density at radius 1 is 1.20 bits per heavy atom. The first-order valence-corrected chi connectivity index (χ1v) is 5.21. The number of Topliss-reactive ketones (excluding diaryl/α,β-unsaturated/α-hetero) is 1. The molecule has 1 N–H and O–H groups in total. The summed E-state index contributed by atoms with van der Waals surface area (Å²) in [6.45, 7) is 0. The fraction of sp³-hybridized carbons (Fsp3) is 0.0909. The maximum absolute atomic E-state index is 11.6. The van der Waals surface area contributed by atoms with Crippen LogP contribution in [0, 0.1) is 0 Å². The van der Waals surface area contributed by atoms with Gasteiger partial charge in [0.1, 0.15) is 0 Å². The van der Waals surface area contributed by atoms with Crippen molar-refractivity contribution in [3.63, 3.8) is 0 Å². The fourth-order valence-electron chi connectivity index (χ4n) is 1.55. The van der Waals surface area contributed by atoms with Crippen LogP contribution < -0.4 is 5.32 Å². The molecule has 0 spiro atoms. The topological polar surface area (TPSA) is 46.2 Å². The fourth-order valence-corrected chi connectivity index (χ4v) is 1.91. The molecule has 0 atom stereocenters. The van der Waals surface area contributed by atoms with Crippen LogP contribution in [0.3, 0.4) is 0 Å². The number of allylic oxidation sites excluding steroid dienone is 1. The molecule has 4 heteroatoms. The molecule has 0 unspecified atom stereocenters. The monoisotopic (exact) mass is 265 g/mol. The highest BCUT2D eigenvalue weighted by Gasteiger charge is 2.25. The van der Waals surface area contributed by atoms with Crippen LogP contribution in [0.1, 0.15) is 15.9 Å². The first-order chi connectivity index (χ1) is 7.13. The molecule has 0 saturated heterocycles. The second-order valence-corrected chi connectivity index (χ2v) is 4.11. The number of hydrogen-bond donors (Lipinski definition) is 1. The highest BCUT2D eigenvalue weighted by atomic mass is 79.9. The summed E-state index contributed by atoms with van der Waals surface area (Å²) in [5, 5.41) is 2.91. The van der Waals surface area contributed by atoms with Gasteiger partial charge in [0, 0.05) is 34.4 Å². The van der Waals surface area contributed by atoms with Gasteiger partial charge in [-0.1, -0.05) is 15.9 Å². The lowest BCUT2D eigenvalue weighted by Gasteiger charge is -2.15. The molecule has 0 heterocycles. The molecule has 1 aliphatic rings. The van der Waals surface area contributed by atoms with Crippen LogP contribution >= 0.6 is 15.9 Å². The van der Waals surface area contributed by atoms with Gasteiger partial charge in [-0.15, -0.1) is 0 Å². The van der Waals surface area contributed by atoms with Crippen LogP contribution in [0.5, 0.6) is 0 Å². The Bertz CT molecular complexity index is 491. The van der Waals surface area contributed by atoms with E-state index in [1.807, 2.05) is 6.07 Å². The lowest BCUT2D eigenvalue weighted by atomic mass is 9.93. The number of benzene rings is 1. The van der Waals surface area contributed by atoms with Gasteiger partial charge in [0.25, 0.3) is 0 Å². The molecule has 76 valence electrons. The molecule has 0 bridgehead atoms. The molecular formula is C11H8BrNO2. The second-order valence-electron chi connectivity index (χ2n) is 3.19. The summed E-state index contributed by atoms with van der Waals surface area (Å²) in [5.74, 6) is -0.925. The maximum atomic E-state index is 11.6. The summed E-state index contributed by atoms with van der Waals surface area (Å²) in [4.78, 5) is 22.9. The third-order valence-corrected chi connectivity index (χ3v) is 2.78. The minimum absolute atomic E-state index is 0.448. The molecule has 1 aromatic rings. The average molecular weight is 266 g/mol. The lowest BCUT2D eigenvalue weighted by Crippen LogP contribution is -2.22. The number of carbonyl (C=O) groups excluding carboxylic acids is 2. The van der Waals surface area contributed by atoms with Gasteiger partial charge in [-0.2, -0.15) is 0 Å². The predicted molar refractivity (Wildman–Crippen MR) is 60.5 cm³/mol. The summed E-state index contributed by atoms with van der Waals surface area (Å²) in [6, 6.07) is 5.23. The molecule has 0 aliphatic heterocycles. The first-order valence-electron chi connectivity index (χ1n) is 4.41. The summed E-state index contributed by atoms with van der Waals surface area (Å²) >= 11 is 3.33. The summed E-state index contributed by atoms with van der Waals surface area (Å²) < 4.78 is 0.879. The molecule has 0 radical (unpaired) electrons. The summed E-state index contributed by atoms with van der Waals surface area (Å²) in [7, 11) is 1.72. The van der Waals surface area contributed by atoms with Gasteiger partial charge in [-0.3, -0.25) is 9.59 Å². The van der Waals surface area contributed by atoms with Crippen LogP contribution in [-0.4, -0.2) is 18.6 Å². The van der Waals surface area contributed by atoms with E-state index in [1.165, 1.54) is 6.08 Å². The van der Waals surface area contributed by atoms with Gasteiger partial charge in [-0.25, -0.2) is 0 Å². The number of carbonyl (C=O) groups is 2. The number of ketones is 2. The Labute approximate surface area is 95.3 Å². The molecule has 15 heavy (non-hydrogen) atoms. The zero-order chi connectivity index (χ0) is 11.0. The smallest absolute Gasteiger partial charge is 0.233 e. The summed E-state index contributed by atoms with van der Waals surface area (Å²) in [6.07, 6.45) is 1.33. The minimum Gasteiger partial charge on any atom is -0.388 e. The van der Waals surface area contributed by atoms with Gasteiger partial charge < -0.3 is 5.32 Å². The zero-order valence-electron chi connectivity index (χ0n) is 8.00. The van der Waals surface area contributed by atoms with Crippen LogP contribution in [0.4, 0.5) is 0 Å². The van der Waals surface area contributed by atoms with Crippen LogP contribution in [0.25, 0.3) is 5.70 Å². The standard InChI is InChI=1S/C11H8BrNO2/c1-13-9-5-10(14)11(15)7-3-2-6(12)4-8(7)9/h2-5,13H,1H3. The van der Waals surface area contributed by atoms with E-state index in [1.54, 1.807) is 19.2 Å². The van der Waals surface area contributed by atoms with Crippen molar-refractivity contribution in [2.45, 2.75) is 0 Å². The first kappa shape index (κ1) is 10.1. The second kappa shape index (κ2) is 3.62. The van der Waals surface area contributed by atoms with E-state index in [-0.39, 0.29) is 0 Å². The normalized spacial score (nSPS) is 14.7. The number of halogens is 1. The molecular weight excluding hydrogens is 258 g/mol. The molecule has 0 aromatic heterocycles. The van der Waals surface area contributed by atoms with Crippen LogP contribution in [0.15, 0.2) is 28.7 Å². The average Bonchev–Trinajstić information content (AvgIpc) is 2.23. The lowest BCUT2D eigenvalue weighted by molar-refractivity contribution is -0.111.